The molecule has 0 fully saturated rings. The number of nitrogens with one attached hydrogen (secondary N) is 2. The van der Waals surface area contributed by atoms with Crippen molar-refractivity contribution in [2.45, 2.75) is 12.8 Å². The number of aromatic nitrogens is 2. The average Bonchev–Trinajstić information content (AvgIpc) is 2.52. The lowest BCUT2D eigenvalue weighted by molar-refractivity contribution is 0.100. The Morgan fingerprint density at radius 3 is 2.62 bits per heavy atom. The number of rotatable bonds is 8. The van der Waals surface area contributed by atoms with Crippen LogP contribution in [0, 0.1) is 0 Å². The number of hydrogen-bond acceptors (Lipinski definition) is 5. The molecule has 0 aliphatic carbocycles. The molecule has 6 nitrogen and oxygen atoms in total. The molecule has 2 aromatic heterocycles. The smallest absolute Gasteiger partial charge is 0.252 e. The van der Waals surface area contributed by atoms with Crippen LogP contribution in [0.15, 0.2) is 42.9 Å². The van der Waals surface area contributed by atoms with Crippen LogP contribution < -0.4 is 16.4 Å². The lowest BCUT2D eigenvalue weighted by Gasteiger charge is -2.09. The van der Waals surface area contributed by atoms with E-state index >= 15 is 0 Å². The lowest BCUT2D eigenvalue weighted by Crippen LogP contribution is -2.15. The van der Waals surface area contributed by atoms with E-state index in [0.29, 0.717) is 5.56 Å². The Morgan fingerprint density at radius 1 is 1.10 bits per heavy atom. The summed E-state index contributed by atoms with van der Waals surface area (Å²) in [5.41, 5.74) is 6.45. The molecule has 2 heterocycles. The molecule has 0 atom stereocenters. The van der Waals surface area contributed by atoms with E-state index in [-0.39, 0.29) is 0 Å². The minimum atomic E-state index is -0.470. The highest BCUT2D eigenvalue weighted by atomic mass is 16.1. The van der Waals surface area contributed by atoms with Crippen molar-refractivity contribution in [3.63, 3.8) is 0 Å². The Balaban J connectivity index is 1.67. The van der Waals surface area contributed by atoms with Crippen LogP contribution in [0.25, 0.3) is 0 Å². The summed E-state index contributed by atoms with van der Waals surface area (Å²) in [4.78, 5) is 19.3. The van der Waals surface area contributed by atoms with Gasteiger partial charge in [0.25, 0.3) is 5.91 Å². The largest absolute Gasteiger partial charge is 0.384 e. The zero-order chi connectivity index (χ0) is 14.9. The maximum Gasteiger partial charge on any atom is 0.252 e. The highest BCUT2D eigenvalue weighted by Gasteiger charge is 2.06. The van der Waals surface area contributed by atoms with Gasteiger partial charge in [-0.15, -0.1) is 0 Å². The first-order valence-electron chi connectivity index (χ1n) is 6.90. The third-order valence-electron chi connectivity index (χ3n) is 2.98. The fourth-order valence-electron chi connectivity index (χ4n) is 1.90. The molecule has 0 saturated heterocycles. The number of amides is 1. The van der Waals surface area contributed by atoms with Gasteiger partial charge in [0.1, 0.15) is 5.82 Å². The van der Waals surface area contributed by atoms with Crippen LogP contribution in [-0.2, 0) is 0 Å². The van der Waals surface area contributed by atoms with Crippen molar-refractivity contribution in [3.05, 3.63) is 48.4 Å². The van der Waals surface area contributed by atoms with Gasteiger partial charge in [0.05, 0.1) is 11.3 Å². The summed E-state index contributed by atoms with van der Waals surface area (Å²) in [5.74, 6) is 0.415. The molecule has 6 heteroatoms. The number of nitrogens with two attached hydrogens (primary N) is 1. The van der Waals surface area contributed by atoms with Crippen molar-refractivity contribution in [2.24, 2.45) is 5.73 Å². The quantitative estimate of drug-likeness (QED) is 0.644. The molecule has 110 valence electrons. The van der Waals surface area contributed by atoms with E-state index in [4.69, 9.17) is 5.73 Å². The van der Waals surface area contributed by atoms with Crippen LogP contribution in [0.3, 0.4) is 0 Å². The topological polar surface area (TPSA) is 92.9 Å². The Kier molecular flexibility index (Phi) is 5.51. The third kappa shape index (κ3) is 4.76. The molecule has 0 spiro atoms. The van der Waals surface area contributed by atoms with E-state index in [9.17, 15) is 4.79 Å². The predicted molar refractivity (Wildman–Crippen MR) is 83.2 cm³/mol. The Bertz CT molecular complexity index is 573. The Hall–Kier alpha value is -2.63. The zero-order valence-corrected chi connectivity index (χ0v) is 11.7. The number of carbonyl (C=O) groups excluding carboxylic acids is 1. The van der Waals surface area contributed by atoms with Crippen molar-refractivity contribution in [1.29, 1.82) is 0 Å². The summed E-state index contributed by atoms with van der Waals surface area (Å²) in [6.45, 7) is 1.63. The molecule has 21 heavy (non-hydrogen) atoms. The van der Waals surface area contributed by atoms with E-state index < -0.39 is 5.91 Å². The van der Waals surface area contributed by atoms with Crippen molar-refractivity contribution < 1.29 is 4.79 Å². The summed E-state index contributed by atoms with van der Waals surface area (Å²) in [6.07, 6.45) is 6.85. The van der Waals surface area contributed by atoms with Crippen LogP contribution >= 0.6 is 0 Å². The number of carbonyl (C=O) groups is 1. The fraction of sp³-hybridized carbons (Fsp3) is 0.267. The SMILES string of the molecule is NC(=O)c1cnccc1NCCCCNc1ccccn1. The summed E-state index contributed by atoms with van der Waals surface area (Å²) in [6, 6.07) is 7.53. The number of unbranched alkanes of at least 4 members (excludes halogenated alkanes) is 1. The summed E-state index contributed by atoms with van der Waals surface area (Å²) >= 11 is 0. The highest BCUT2D eigenvalue weighted by Crippen LogP contribution is 2.12. The number of nitrogens with zero attached hydrogens (tertiary/aromatic N) is 2. The second-order valence-electron chi connectivity index (χ2n) is 4.56. The molecule has 0 aliphatic heterocycles. The first-order valence-corrected chi connectivity index (χ1v) is 6.90. The van der Waals surface area contributed by atoms with Crippen molar-refractivity contribution in [3.8, 4) is 0 Å². The van der Waals surface area contributed by atoms with Gasteiger partial charge in [-0.1, -0.05) is 6.07 Å². The molecule has 0 aliphatic rings. The van der Waals surface area contributed by atoms with Gasteiger partial charge in [0, 0.05) is 31.7 Å². The molecule has 0 radical (unpaired) electrons. The van der Waals surface area contributed by atoms with Crippen LogP contribution in [0.1, 0.15) is 23.2 Å². The first kappa shape index (κ1) is 14.8. The molecule has 0 unspecified atom stereocenters. The summed E-state index contributed by atoms with van der Waals surface area (Å²) in [7, 11) is 0. The van der Waals surface area contributed by atoms with Gasteiger partial charge in [-0.25, -0.2) is 4.98 Å². The lowest BCUT2D eigenvalue weighted by atomic mass is 10.2. The minimum Gasteiger partial charge on any atom is -0.384 e. The molecule has 0 aromatic carbocycles. The third-order valence-corrected chi connectivity index (χ3v) is 2.98. The second kappa shape index (κ2) is 7.84. The second-order valence-corrected chi connectivity index (χ2v) is 4.56. The maximum absolute atomic E-state index is 11.2. The molecule has 0 saturated carbocycles. The predicted octanol–water partition coefficient (Wildman–Crippen LogP) is 1.88. The Labute approximate surface area is 123 Å². The molecule has 1 amide bonds. The molecule has 4 N–H and O–H groups in total. The fourth-order valence-corrected chi connectivity index (χ4v) is 1.90. The summed E-state index contributed by atoms with van der Waals surface area (Å²) in [5, 5.41) is 6.46. The minimum absolute atomic E-state index is 0.420. The van der Waals surface area contributed by atoms with Gasteiger partial charge in [0.15, 0.2) is 0 Å². The molecule has 0 bridgehead atoms. The van der Waals surface area contributed by atoms with Crippen LogP contribution in [0.5, 0.6) is 0 Å². The van der Waals surface area contributed by atoms with Crippen LogP contribution in [0.4, 0.5) is 11.5 Å². The zero-order valence-electron chi connectivity index (χ0n) is 11.7. The van der Waals surface area contributed by atoms with Gasteiger partial charge in [-0.3, -0.25) is 9.78 Å². The average molecular weight is 285 g/mol. The van der Waals surface area contributed by atoms with Crippen molar-refractivity contribution in [2.75, 3.05) is 23.7 Å². The van der Waals surface area contributed by atoms with Crippen LogP contribution in [-0.4, -0.2) is 29.0 Å². The standard InChI is InChI=1S/C15H19N5O/c16-15(21)12-11-17-10-6-13(12)18-7-3-4-9-20-14-5-1-2-8-19-14/h1-2,5-6,8,10-11H,3-4,7,9H2,(H2,16,21)(H,17,18)(H,19,20). The van der Waals surface area contributed by atoms with E-state index in [2.05, 4.69) is 20.6 Å². The monoisotopic (exact) mass is 285 g/mol. The van der Waals surface area contributed by atoms with E-state index in [1.165, 1.54) is 6.20 Å². The van der Waals surface area contributed by atoms with Crippen molar-refractivity contribution in [1.82, 2.24) is 9.97 Å². The Morgan fingerprint density at radius 2 is 1.90 bits per heavy atom. The number of hydrogen-bond donors (Lipinski definition) is 3. The van der Waals surface area contributed by atoms with Gasteiger partial charge >= 0.3 is 0 Å². The van der Waals surface area contributed by atoms with Crippen molar-refractivity contribution >= 4 is 17.4 Å². The van der Waals surface area contributed by atoms with Gasteiger partial charge < -0.3 is 16.4 Å². The molecular weight excluding hydrogens is 266 g/mol. The number of primary amides is 1. The molecular formula is C15H19N5O. The summed E-state index contributed by atoms with van der Waals surface area (Å²) < 4.78 is 0. The molecule has 2 rings (SSSR count). The first-order chi connectivity index (χ1) is 10.3. The number of anilines is 2. The normalized spacial score (nSPS) is 10.1. The maximum atomic E-state index is 11.2. The molecule has 2 aromatic rings. The number of pyridine rings is 2. The van der Waals surface area contributed by atoms with E-state index in [1.54, 1.807) is 18.5 Å². The van der Waals surface area contributed by atoms with Crippen LogP contribution in [0.2, 0.25) is 0 Å². The van der Waals surface area contributed by atoms with E-state index in [0.717, 1.165) is 37.4 Å². The van der Waals surface area contributed by atoms with Gasteiger partial charge in [-0.05, 0) is 31.0 Å². The van der Waals surface area contributed by atoms with E-state index in [1.807, 2.05) is 18.2 Å². The highest BCUT2D eigenvalue weighted by molar-refractivity contribution is 5.98. The van der Waals surface area contributed by atoms with Gasteiger partial charge in [0.2, 0.25) is 0 Å². The van der Waals surface area contributed by atoms with Gasteiger partial charge in [-0.2, -0.15) is 0 Å².